The molecule has 16 aromatic rings. The number of hydrogen-bond donors (Lipinski definition) is 2. The van der Waals surface area contributed by atoms with Crippen LogP contribution in [0.15, 0.2) is 344 Å². The highest BCUT2D eigenvalue weighted by Crippen LogP contribution is 2.68. The molecule has 10 nitrogen and oxygen atoms in total. The third-order valence-electron chi connectivity index (χ3n) is 27.0. The molecule has 2 aromatic heterocycles. The van der Waals surface area contributed by atoms with E-state index < -0.39 is 7.12 Å². The minimum atomic E-state index is -1.46. The first kappa shape index (κ1) is 75.8. The van der Waals surface area contributed by atoms with Crippen molar-refractivity contribution in [1.82, 2.24) is 29.9 Å². The maximum absolute atomic E-state index is 9.24. The molecular weight excluding hydrogens is 1530 g/mol. The van der Waals surface area contributed by atoms with Crippen molar-refractivity contribution in [3.8, 4) is 114 Å². The highest BCUT2D eigenvalue weighted by molar-refractivity contribution is 9.10. The van der Waals surface area contributed by atoms with E-state index in [1.165, 1.54) is 161 Å². The van der Waals surface area contributed by atoms with Gasteiger partial charge in [0.15, 0.2) is 34.9 Å². The third-order valence-corrected chi connectivity index (χ3v) is 27.5. The van der Waals surface area contributed by atoms with Gasteiger partial charge < -0.3 is 10.0 Å². The van der Waals surface area contributed by atoms with Gasteiger partial charge in [-0.25, -0.2) is 29.9 Å². The summed E-state index contributed by atoms with van der Waals surface area (Å²) in [7, 11) is -1.46. The fraction of sp³-hybridized carbons (Fsp3) is 0.185. The smallest absolute Gasteiger partial charge is 0.423 e. The molecule has 8 fully saturated rings. The molecule has 580 valence electrons. The number of nitrogens with zero attached hydrogens (tertiary/aromatic N) is 8. The van der Waals surface area contributed by atoms with E-state index in [2.05, 4.69) is 228 Å². The number of rotatable bonds is 14. The van der Waals surface area contributed by atoms with Crippen molar-refractivity contribution in [2.24, 2.45) is 23.7 Å². The number of benzene rings is 14. The monoisotopic (exact) mass is 1620 g/mol. The molecule has 14 aromatic carbocycles. The van der Waals surface area contributed by atoms with Gasteiger partial charge in [-0.2, -0.15) is 10.5 Å². The predicted molar refractivity (Wildman–Crippen MR) is 486 cm³/mol. The molecule has 8 bridgehead atoms. The highest BCUT2D eigenvalue weighted by atomic mass is 79.9. The summed E-state index contributed by atoms with van der Waals surface area (Å²) < 4.78 is 1.17. The summed E-state index contributed by atoms with van der Waals surface area (Å²) >= 11 is 3.67. The summed E-state index contributed by atoms with van der Waals surface area (Å²) in [5.74, 6) is 7.27. The Kier molecular flexibility index (Phi) is 20.0. The van der Waals surface area contributed by atoms with Crippen LogP contribution in [0.3, 0.4) is 0 Å². The molecule has 2 N–H and O–H groups in total. The van der Waals surface area contributed by atoms with E-state index >= 15 is 0 Å². The van der Waals surface area contributed by atoms with Gasteiger partial charge >= 0.3 is 7.12 Å². The van der Waals surface area contributed by atoms with Gasteiger partial charge in [0.2, 0.25) is 0 Å². The predicted octanol–water partition coefficient (Wildman–Crippen LogP) is 24.5. The van der Waals surface area contributed by atoms with E-state index in [0.717, 1.165) is 68.0 Å². The zero-order valence-electron chi connectivity index (χ0n) is 66.6. The number of fused-ring (bicyclic) bond motifs is 2. The van der Waals surface area contributed by atoms with Crippen LogP contribution in [0.4, 0.5) is 0 Å². The molecule has 4 atom stereocenters. The van der Waals surface area contributed by atoms with Crippen molar-refractivity contribution in [2.75, 3.05) is 0 Å². The van der Waals surface area contributed by atoms with Crippen LogP contribution in [0.25, 0.3) is 123 Å². The fourth-order valence-electron chi connectivity index (χ4n) is 22.2. The van der Waals surface area contributed by atoms with E-state index in [-0.39, 0.29) is 16.2 Å². The molecule has 0 saturated heterocycles. The molecule has 4 unspecified atom stereocenters. The molecule has 12 heteroatoms. The van der Waals surface area contributed by atoms with Gasteiger partial charge in [-0.15, -0.1) is 0 Å². The molecule has 0 radical (unpaired) electrons. The summed E-state index contributed by atoms with van der Waals surface area (Å²) in [5, 5.41) is 39.7. The number of aromatic nitrogens is 6. The Morgan fingerprint density at radius 3 is 0.800 bits per heavy atom. The summed E-state index contributed by atoms with van der Waals surface area (Å²) in [4.78, 5) is 29.7. The summed E-state index contributed by atoms with van der Waals surface area (Å²) in [6.45, 7) is 0. The number of halogens is 1. The average Bonchev–Trinajstić information content (AvgIpc) is 0.708. The van der Waals surface area contributed by atoms with Crippen LogP contribution in [0.1, 0.15) is 110 Å². The lowest BCUT2D eigenvalue weighted by Crippen LogP contribution is -2.55. The van der Waals surface area contributed by atoms with Crippen LogP contribution in [-0.4, -0.2) is 47.1 Å². The van der Waals surface area contributed by atoms with Gasteiger partial charge in [0.05, 0.1) is 23.3 Å². The van der Waals surface area contributed by atoms with Crippen LogP contribution in [0.5, 0.6) is 0 Å². The number of hydrogen-bond acceptors (Lipinski definition) is 10. The summed E-state index contributed by atoms with van der Waals surface area (Å²) in [6, 6.07) is 123. The van der Waals surface area contributed by atoms with E-state index in [1.54, 1.807) is 11.1 Å². The SMILES string of the molecule is Brc1ccc(C23CC4CC(C2)CC(c2ccc(-c5ccc6ccc(-c7nc(-c8ccccc8)nc(-c8ccccc8)n7)cc6c5)cc2)(C4)C3)cc1.N#Cc1ccc(-c2ccc(C34CC5CC(C3)CC(c3ccc(-c6ccc7ccc(-c8nc(-c9ccccc9)nc(-c9ccccc9)n8)cc7c6)cc3)(C5)C4)cc2)cc1.N#Cc1ccc(B(O)O)cc1. The largest absolute Gasteiger partial charge is 0.488 e. The lowest BCUT2D eigenvalue weighted by Gasteiger charge is -2.63. The molecule has 0 amide bonds. The van der Waals surface area contributed by atoms with Gasteiger partial charge in [0.1, 0.15) is 0 Å². The van der Waals surface area contributed by atoms with E-state index in [1.807, 2.05) is 115 Å². The Morgan fingerprint density at radius 1 is 0.267 bits per heavy atom. The van der Waals surface area contributed by atoms with Crippen LogP contribution >= 0.6 is 15.9 Å². The summed E-state index contributed by atoms with van der Waals surface area (Å²) in [5.41, 5.74) is 22.0. The molecule has 8 saturated carbocycles. The standard InChI is InChI=1S/C54H42N4.C47H38BrN3.C7H6BNO2/c55-34-36-11-13-39(14-12-36)40-19-23-48(24-20-40)53-30-37-27-38(31-53)33-54(32-37,35-53)49-25-21-41(22-26-49)45-17-15-42-16-18-46(29-47(42)28-45)52-57-50(43-7-3-1-4-8-43)56-51(58-52)44-9-5-2-6-10-44;48-42-21-19-41(20-22-42)47-28-31-23-32(29-47)27-46(26-31,30-47)40-17-15-33(16-18-40)37-13-11-34-12-14-38(25-39(34)24-37)45-50-43(35-7-3-1-4-8-35)49-44(51-45)36-9-5-2-6-10-36;9-5-6-1-3-7(4-2-6)8(10)11/h1-26,28-29,37-38H,27,30-33,35H2;1-22,24-25,31-32H,23,26-30H2;1-4,10-11H. The topological polar surface area (TPSA) is 165 Å². The number of nitriles is 2. The first-order chi connectivity index (χ1) is 58.8. The second-order valence-electron chi connectivity index (χ2n) is 34.7. The minimum absolute atomic E-state index is 0.231. The highest BCUT2D eigenvalue weighted by Gasteiger charge is 2.60. The van der Waals surface area contributed by atoms with E-state index in [0.29, 0.717) is 57.0 Å². The van der Waals surface area contributed by atoms with Crippen molar-refractivity contribution in [3.05, 3.63) is 378 Å². The molecule has 8 aliphatic rings. The van der Waals surface area contributed by atoms with Crippen molar-refractivity contribution < 1.29 is 10.0 Å². The van der Waals surface area contributed by atoms with E-state index in [4.69, 9.17) is 45.2 Å². The van der Waals surface area contributed by atoms with Crippen molar-refractivity contribution >= 4 is 50.1 Å². The Labute approximate surface area is 709 Å². The van der Waals surface area contributed by atoms with Crippen molar-refractivity contribution in [2.45, 2.75) is 98.7 Å². The lowest BCUT2D eigenvalue weighted by molar-refractivity contribution is -0.0282. The maximum Gasteiger partial charge on any atom is 0.488 e. The van der Waals surface area contributed by atoms with Crippen LogP contribution in [0.2, 0.25) is 0 Å². The van der Waals surface area contributed by atoms with Gasteiger partial charge in [-0.3, -0.25) is 0 Å². The van der Waals surface area contributed by atoms with Crippen molar-refractivity contribution in [1.29, 1.82) is 10.5 Å². The van der Waals surface area contributed by atoms with Crippen LogP contribution in [0, 0.1) is 46.3 Å². The molecule has 0 spiro atoms. The molecular formula is C108H86BBrN8O2. The third kappa shape index (κ3) is 15.0. The van der Waals surface area contributed by atoms with Gasteiger partial charge in [-0.05, 0) is 266 Å². The Bertz CT molecular complexity index is 6420. The lowest BCUT2D eigenvalue weighted by atomic mass is 9.41. The quantitative estimate of drug-likeness (QED) is 0.100. The van der Waals surface area contributed by atoms with Gasteiger partial charge in [0, 0.05) is 37.9 Å². The van der Waals surface area contributed by atoms with E-state index in [9.17, 15) is 5.26 Å². The summed E-state index contributed by atoms with van der Waals surface area (Å²) in [6.07, 6.45) is 15.9. The fourth-order valence-corrected chi connectivity index (χ4v) is 22.5. The first-order valence-corrected chi connectivity index (χ1v) is 42.8. The maximum atomic E-state index is 9.24. The van der Waals surface area contributed by atoms with Gasteiger partial charge in [-0.1, -0.05) is 295 Å². The first-order valence-electron chi connectivity index (χ1n) is 42.0. The van der Waals surface area contributed by atoms with Gasteiger partial charge in [0.25, 0.3) is 0 Å². The zero-order valence-corrected chi connectivity index (χ0v) is 68.1. The van der Waals surface area contributed by atoms with Crippen molar-refractivity contribution in [3.63, 3.8) is 0 Å². The molecule has 24 rings (SSSR count). The second kappa shape index (κ2) is 31.7. The minimum Gasteiger partial charge on any atom is -0.423 e. The normalized spacial score (nSPS) is 21.3. The zero-order chi connectivity index (χ0) is 80.9. The van der Waals surface area contributed by atoms with Crippen LogP contribution in [-0.2, 0) is 21.7 Å². The molecule has 2 heterocycles. The average molecular weight is 1620 g/mol. The Hall–Kier alpha value is -12.9. The molecule has 120 heavy (non-hydrogen) atoms. The Balaban J connectivity index is 0.000000137. The second-order valence-corrected chi connectivity index (χ2v) is 35.6. The Morgan fingerprint density at radius 2 is 0.508 bits per heavy atom. The molecule has 0 aliphatic heterocycles. The van der Waals surface area contributed by atoms with Crippen LogP contribution < -0.4 is 5.46 Å². The molecule has 8 aliphatic carbocycles.